The third kappa shape index (κ3) is 2.83. The van der Waals surface area contributed by atoms with Crippen molar-refractivity contribution >= 4 is 11.6 Å². The number of hydrogen-bond acceptors (Lipinski definition) is 4. The van der Waals surface area contributed by atoms with Crippen LogP contribution in [0.15, 0.2) is 47.0 Å². The lowest BCUT2D eigenvalue weighted by Gasteiger charge is -2.16. The monoisotopic (exact) mass is 359 g/mol. The standard InChI is InChI=1S/C18H12F3N3O2/c19-11-5-6-14(21)15(8-11)24-9-10(7-16(24)25)17-22-18(26-23-17)12-3-1-2-4-13(12)20/h1-6,8,10H,7,9H2. The molecule has 0 aliphatic carbocycles. The number of amides is 1. The summed E-state index contributed by atoms with van der Waals surface area (Å²) in [5.74, 6) is -2.46. The molecular weight excluding hydrogens is 347 g/mol. The molecule has 26 heavy (non-hydrogen) atoms. The number of benzene rings is 2. The molecule has 5 nitrogen and oxygen atoms in total. The number of halogens is 3. The summed E-state index contributed by atoms with van der Waals surface area (Å²) in [6.45, 7) is 0.0788. The molecule has 1 fully saturated rings. The summed E-state index contributed by atoms with van der Waals surface area (Å²) in [4.78, 5) is 17.6. The number of anilines is 1. The Morgan fingerprint density at radius 2 is 1.88 bits per heavy atom. The van der Waals surface area contributed by atoms with Crippen LogP contribution in [0.3, 0.4) is 0 Å². The van der Waals surface area contributed by atoms with Crippen LogP contribution in [0.4, 0.5) is 18.9 Å². The minimum Gasteiger partial charge on any atom is -0.334 e. The lowest BCUT2D eigenvalue weighted by Crippen LogP contribution is -2.25. The van der Waals surface area contributed by atoms with Crippen molar-refractivity contribution in [2.75, 3.05) is 11.4 Å². The van der Waals surface area contributed by atoms with E-state index in [4.69, 9.17) is 4.52 Å². The maximum absolute atomic E-state index is 13.9. The molecule has 0 N–H and O–H groups in total. The Hall–Kier alpha value is -3.16. The van der Waals surface area contributed by atoms with Crippen LogP contribution in [-0.2, 0) is 4.79 Å². The van der Waals surface area contributed by atoms with Crippen molar-refractivity contribution in [3.63, 3.8) is 0 Å². The van der Waals surface area contributed by atoms with E-state index in [0.717, 1.165) is 23.1 Å². The summed E-state index contributed by atoms with van der Waals surface area (Å²) in [6, 6.07) is 8.86. The lowest BCUT2D eigenvalue weighted by atomic mass is 10.1. The molecule has 132 valence electrons. The van der Waals surface area contributed by atoms with Crippen LogP contribution < -0.4 is 4.90 Å². The normalized spacial score (nSPS) is 17.1. The maximum atomic E-state index is 13.9. The van der Waals surface area contributed by atoms with Gasteiger partial charge in [0.05, 0.1) is 11.3 Å². The fourth-order valence-electron chi connectivity index (χ4n) is 2.95. The maximum Gasteiger partial charge on any atom is 0.260 e. The van der Waals surface area contributed by atoms with E-state index in [-0.39, 0.29) is 41.8 Å². The molecule has 1 unspecified atom stereocenters. The summed E-state index contributed by atoms with van der Waals surface area (Å²) in [5.41, 5.74) is 0.0268. The van der Waals surface area contributed by atoms with Crippen molar-refractivity contribution in [2.24, 2.45) is 0 Å². The van der Waals surface area contributed by atoms with Crippen molar-refractivity contribution in [3.05, 3.63) is 65.7 Å². The summed E-state index contributed by atoms with van der Waals surface area (Å²) in [7, 11) is 0. The SMILES string of the molecule is O=C1CC(c2noc(-c3ccccc3F)n2)CN1c1cc(F)ccc1F. The van der Waals surface area contributed by atoms with E-state index in [1.54, 1.807) is 6.07 Å². The Kier molecular flexibility index (Phi) is 3.95. The van der Waals surface area contributed by atoms with Gasteiger partial charge in [0.15, 0.2) is 5.82 Å². The second kappa shape index (κ2) is 6.29. The summed E-state index contributed by atoms with van der Waals surface area (Å²) in [5, 5.41) is 3.82. The predicted octanol–water partition coefficient (Wildman–Crippen LogP) is 3.67. The second-order valence-corrected chi connectivity index (χ2v) is 5.94. The largest absolute Gasteiger partial charge is 0.334 e. The van der Waals surface area contributed by atoms with Crippen LogP contribution in [0, 0.1) is 17.5 Å². The fraction of sp³-hybridized carbons (Fsp3) is 0.167. The first-order valence-corrected chi connectivity index (χ1v) is 7.87. The van der Waals surface area contributed by atoms with Crippen molar-refractivity contribution in [1.82, 2.24) is 10.1 Å². The van der Waals surface area contributed by atoms with E-state index in [9.17, 15) is 18.0 Å². The first-order valence-electron chi connectivity index (χ1n) is 7.87. The van der Waals surface area contributed by atoms with E-state index in [0.29, 0.717) is 0 Å². The molecule has 1 saturated heterocycles. The van der Waals surface area contributed by atoms with Gasteiger partial charge in [-0.1, -0.05) is 17.3 Å². The smallest absolute Gasteiger partial charge is 0.260 e. The van der Waals surface area contributed by atoms with Crippen molar-refractivity contribution in [3.8, 4) is 11.5 Å². The van der Waals surface area contributed by atoms with E-state index in [1.165, 1.54) is 18.2 Å². The van der Waals surface area contributed by atoms with Crippen molar-refractivity contribution in [1.29, 1.82) is 0 Å². The molecule has 2 heterocycles. The van der Waals surface area contributed by atoms with Gasteiger partial charge in [0, 0.05) is 24.9 Å². The highest BCUT2D eigenvalue weighted by Crippen LogP contribution is 2.33. The highest BCUT2D eigenvalue weighted by atomic mass is 19.1. The van der Waals surface area contributed by atoms with Gasteiger partial charge in [0.25, 0.3) is 5.89 Å². The van der Waals surface area contributed by atoms with Crippen LogP contribution in [0.2, 0.25) is 0 Å². The quantitative estimate of drug-likeness (QED) is 0.716. The van der Waals surface area contributed by atoms with Gasteiger partial charge in [0.2, 0.25) is 5.91 Å². The lowest BCUT2D eigenvalue weighted by molar-refractivity contribution is -0.117. The molecule has 2 aromatic carbocycles. The first-order chi connectivity index (χ1) is 12.5. The molecular formula is C18H12F3N3O2. The van der Waals surface area contributed by atoms with Gasteiger partial charge in [-0.3, -0.25) is 4.79 Å². The van der Waals surface area contributed by atoms with E-state index in [1.807, 2.05) is 0 Å². The van der Waals surface area contributed by atoms with Gasteiger partial charge in [-0.15, -0.1) is 0 Å². The highest BCUT2D eigenvalue weighted by Gasteiger charge is 2.36. The van der Waals surface area contributed by atoms with Crippen molar-refractivity contribution in [2.45, 2.75) is 12.3 Å². The average molecular weight is 359 g/mol. The molecule has 0 bridgehead atoms. The predicted molar refractivity (Wildman–Crippen MR) is 85.8 cm³/mol. The van der Waals surface area contributed by atoms with Crippen LogP contribution >= 0.6 is 0 Å². The van der Waals surface area contributed by atoms with Gasteiger partial charge in [-0.2, -0.15) is 4.98 Å². The summed E-state index contributed by atoms with van der Waals surface area (Å²) in [6.07, 6.45) is 0.0200. The van der Waals surface area contributed by atoms with Gasteiger partial charge < -0.3 is 9.42 Å². The molecule has 8 heteroatoms. The molecule has 1 aromatic heterocycles. The molecule has 0 spiro atoms. The molecule has 4 rings (SSSR count). The number of hydrogen-bond donors (Lipinski definition) is 0. The molecule has 0 radical (unpaired) electrons. The van der Waals surface area contributed by atoms with Crippen LogP contribution in [0.25, 0.3) is 11.5 Å². The first kappa shape index (κ1) is 16.3. The van der Waals surface area contributed by atoms with Gasteiger partial charge in [-0.25, -0.2) is 13.2 Å². The third-order valence-corrected chi connectivity index (χ3v) is 4.24. The number of carbonyl (C=O) groups is 1. The fourth-order valence-corrected chi connectivity index (χ4v) is 2.95. The zero-order valence-corrected chi connectivity index (χ0v) is 13.3. The number of carbonyl (C=O) groups excluding carboxylic acids is 1. The third-order valence-electron chi connectivity index (χ3n) is 4.24. The van der Waals surface area contributed by atoms with E-state index >= 15 is 0 Å². The van der Waals surface area contributed by atoms with Crippen LogP contribution in [0.5, 0.6) is 0 Å². The van der Waals surface area contributed by atoms with Gasteiger partial charge >= 0.3 is 0 Å². The zero-order valence-electron chi connectivity index (χ0n) is 13.3. The molecule has 0 saturated carbocycles. The highest BCUT2D eigenvalue weighted by molar-refractivity contribution is 5.96. The van der Waals surface area contributed by atoms with Crippen LogP contribution in [-0.4, -0.2) is 22.6 Å². The van der Waals surface area contributed by atoms with E-state index in [2.05, 4.69) is 10.1 Å². The van der Waals surface area contributed by atoms with Crippen molar-refractivity contribution < 1.29 is 22.5 Å². The average Bonchev–Trinajstić information content (AvgIpc) is 3.24. The van der Waals surface area contributed by atoms with Gasteiger partial charge in [0.1, 0.15) is 17.5 Å². The Labute approximate surface area is 146 Å². The topological polar surface area (TPSA) is 59.2 Å². The molecule has 3 aromatic rings. The molecule has 1 aliphatic rings. The van der Waals surface area contributed by atoms with Gasteiger partial charge in [-0.05, 0) is 24.3 Å². The van der Waals surface area contributed by atoms with E-state index < -0.39 is 23.4 Å². The number of nitrogens with zero attached hydrogens (tertiary/aromatic N) is 3. The second-order valence-electron chi connectivity index (χ2n) is 5.94. The van der Waals surface area contributed by atoms with Crippen LogP contribution in [0.1, 0.15) is 18.2 Å². The Morgan fingerprint density at radius 3 is 2.69 bits per heavy atom. The zero-order chi connectivity index (χ0) is 18.3. The molecule has 1 aliphatic heterocycles. The Bertz CT molecular complexity index is 989. The Morgan fingerprint density at radius 1 is 1.08 bits per heavy atom. The molecule has 1 amide bonds. The summed E-state index contributed by atoms with van der Waals surface area (Å²) >= 11 is 0. The minimum absolute atomic E-state index is 0.000866. The number of aromatic nitrogens is 2. The minimum atomic E-state index is -0.694. The molecule has 1 atom stereocenters. The summed E-state index contributed by atoms with van der Waals surface area (Å²) < 4.78 is 46.3. The number of rotatable bonds is 3. The Balaban J connectivity index is 1.60.